The highest BCUT2D eigenvalue weighted by Crippen LogP contribution is 2.32. The molecule has 0 atom stereocenters. The first-order valence-corrected chi connectivity index (χ1v) is 5.97. The summed E-state index contributed by atoms with van der Waals surface area (Å²) in [6.45, 7) is 5.24. The first kappa shape index (κ1) is 11.9. The van der Waals surface area contributed by atoms with E-state index in [0.717, 1.165) is 32.5 Å². The Morgan fingerprint density at radius 1 is 1.53 bits per heavy atom. The molecule has 0 aliphatic carbocycles. The molecule has 2 fully saturated rings. The first-order chi connectivity index (χ1) is 8.14. The summed E-state index contributed by atoms with van der Waals surface area (Å²) >= 11 is 0. The molecule has 5 heteroatoms. The van der Waals surface area contributed by atoms with Crippen molar-refractivity contribution in [2.45, 2.75) is 25.3 Å². The standard InChI is InChI=1S/C12H18N4O/c1-3-7-16-11(17)14-10(13)12(16)5-8-15(4-2)9-6-12/h1H,4-9H2,2H3,(H2,13,14,17). The zero-order valence-corrected chi connectivity index (χ0v) is 10.1. The molecular weight excluding hydrogens is 216 g/mol. The molecule has 2 saturated heterocycles. The van der Waals surface area contributed by atoms with Crippen molar-refractivity contribution in [1.29, 1.82) is 5.41 Å². The monoisotopic (exact) mass is 234 g/mol. The molecule has 0 aromatic carbocycles. The minimum atomic E-state index is -0.477. The van der Waals surface area contributed by atoms with Crippen molar-refractivity contribution in [3.63, 3.8) is 0 Å². The van der Waals surface area contributed by atoms with Crippen LogP contribution in [0.5, 0.6) is 0 Å². The summed E-state index contributed by atoms with van der Waals surface area (Å²) in [5, 5.41) is 10.6. The van der Waals surface area contributed by atoms with E-state index in [-0.39, 0.29) is 12.6 Å². The summed E-state index contributed by atoms with van der Waals surface area (Å²) in [7, 11) is 0. The van der Waals surface area contributed by atoms with Crippen molar-refractivity contribution in [3.8, 4) is 12.3 Å². The molecule has 0 saturated carbocycles. The molecule has 0 aromatic heterocycles. The van der Waals surface area contributed by atoms with Crippen LogP contribution >= 0.6 is 0 Å². The highest BCUT2D eigenvalue weighted by Gasteiger charge is 2.50. The molecular formula is C12H18N4O. The molecule has 2 N–H and O–H groups in total. The molecule has 1 spiro atoms. The maximum atomic E-state index is 11.8. The maximum Gasteiger partial charge on any atom is 0.324 e. The summed E-state index contributed by atoms with van der Waals surface area (Å²) in [4.78, 5) is 15.7. The van der Waals surface area contributed by atoms with E-state index >= 15 is 0 Å². The fourth-order valence-electron chi connectivity index (χ4n) is 2.69. The van der Waals surface area contributed by atoms with Crippen LogP contribution in [0.2, 0.25) is 0 Å². The van der Waals surface area contributed by atoms with Gasteiger partial charge in [0, 0.05) is 13.1 Å². The molecule has 2 heterocycles. The molecule has 2 amide bonds. The number of amidine groups is 1. The third-order valence-electron chi connectivity index (χ3n) is 3.84. The smallest absolute Gasteiger partial charge is 0.303 e. The van der Waals surface area contributed by atoms with Gasteiger partial charge in [-0.15, -0.1) is 6.42 Å². The quantitative estimate of drug-likeness (QED) is 0.683. The van der Waals surface area contributed by atoms with E-state index < -0.39 is 5.54 Å². The predicted molar refractivity (Wildman–Crippen MR) is 65.9 cm³/mol. The lowest BCUT2D eigenvalue weighted by atomic mass is 9.85. The number of hydrogen-bond donors (Lipinski definition) is 2. The predicted octanol–water partition coefficient (Wildman–Crippen LogP) is 0.477. The Kier molecular flexibility index (Phi) is 3.07. The zero-order valence-electron chi connectivity index (χ0n) is 10.1. The average molecular weight is 234 g/mol. The van der Waals surface area contributed by atoms with Gasteiger partial charge in [-0.3, -0.25) is 10.7 Å². The van der Waals surface area contributed by atoms with Gasteiger partial charge in [-0.2, -0.15) is 0 Å². The molecule has 5 nitrogen and oxygen atoms in total. The molecule has 17 heavy (non-hydrogen) atoms. The number of nitrogens with one attached hydrogen (secondary N) is 2. The van der Waals surface area contributed by atoms with Crippen molar-refractivity contribution in [2.75, 3.05) is 26.2 Å². The number of rotatable bonds is 2. The van der Waals surface area contributed by atoms with Crippen LogP contribution in [0, 0.1) is 17.8 Å². The van der Waals surface area contributed by atoms with Crippen LogP contribution < -0.4 is 5.32 Å². The van der Waals surface area contributed by atoms with Gasteiger partial charge < -0.3 is 9.80 Å². The third-order valence-corrected chi connectivity index (χ3v) is 3.84. The lowest BCUT2D eigenvalue weighted by Gasteiger charge is -2.42. The Hall–Kier alpha value is -1.54. The van der Waals surface area contributed by atoms with Gasteiger partial charge in [0.25, 0.3) is 0 Å². The number of piperidine rings is 1. The number of urea groups is 1. The normalized spacial score (nSPS) is 23.9. The van der Waals surface area contributed by atoms with Crippen LogP contribution in [0.25, 0.3) is 0 Å². The Labute approximate surface area is 102 Å². The van der Waals surface area contributed by atoms with Gasteiger partial charge in [0.05, 0.1) is 6.54 Å². The molecule has 0 aromatic rings. The van der Waals surface area contributed by atoms with Gasteiger partial charge in [0.1, 0.15) is 11.4 Å². The summed E-state index contributed by atoms with van der Waals surface area (Å²) in [6, 6.07) is -0.224. The number of carbonyl (C=O) groups excluding carboxylic acids is 1. The van der Waals surface area contributed by atoms with Gasteiger partial charge in [0.2, 0.25) is 0 Å². The molecule has 0 unspecified atom stereocenters. The van der Waals surface area contributed by atoms with E-state index in [0.29, 0.717) is 5.84 Å². The Morgan fingerprint density at radius 2 is 2.18 bits per heavy atom. The Balaban J connectivity index is 2.20. The molecule has 2 aliphatic heterocycles. The van der Waals surface area contributed by atoms with Gasteiger partial charge in [-0.05, 0) is 19.4 Å². The number of nitrogens with zero attached hydrogens (tertiary/aromatic N) is 2. The van der Waals surface area contributed by atoms with E-state index in [1.807, 2.05) is 0 Å². The van der Waals surface area contributed by atoms with Crippen LogP contribution in [-0.2, 0) is 0 Å². The summed E-state index contributed by atoms with van der Waals surface area (Å²) in [5.41, 5.74) is -0.477. The van der Waals surface area contributed by atoms with E-state index in [1.54, 1.807) is 4.90 Å². The number of likely N-dealkylation sites (tertiary alicyclic amines) is 1. The van der Waals surface area contributed by atoms with Crippen LogP contribution in [-0.4, -0.2) is 53.4 Å². The van der Waals surface area contributed by atoms with Gasteiger partial charge >= 0.3 is 6.03 Å². The van der Waals surface area contributed by atoms with Crippen molar-refractivity contribution >= 4 is 11.9 Å². The highest BCUT2D eigenvalue weighted by atomic mass is 16.2. The third kappa shape index (κ3) is 1.79. The maximum absolute atomic E-state index is 11.8. The first-order valence-electron chi connectivity index (χ1n) is 5.97. The number of hydrogen-bond acceptors (Lipinski definition) is 3. The summed E-state index contributed by atoms with van der Waals surface area (Å²) in [5.74, 6) is 2.83. The lowest BCUT2D eigenvalue weighted by Crippen LogP contribution is -2.56. The van der Waals surface area contributed by atoms with Crippen molar-refractivity contribution in [3.05, 3.63) is 0 Å². The minimum absolute atomic E-state index is 0.224. The lowest BCUT2D eigenvalue weighted by molar-refractivity contribution is 0.114. The molecule has 2 rings (SSSR count). The topological polar surface area (TPSA) is 59.4 Å². The SMILES string of the molecule is C#CCN1C(=O)NC(=N)C12CCN(CC)CC2. The number of amides is 2. The van der Waals surface area contributed by atoms with E-state index in [4.69, 9.17) is 11.8 Å². The van der Waals surface area contributed by atoms with Crippen LogP contribution in [0.15, 0.2) is 0 Å². The van der Waals surface area contributed by atoms with E-state index in [9.17, 15) is 4.79 Å². The Morgan fingerprint density at radius 3 is 2.71 bits per heavy atom. The molecule has 2 aliphatic rings. The second-order valence-corrected chi connectivity index (χ2v) is 4.56. The second-order valence-electron chi connectivity index (χ2n) is 4.56. The summed E-state index contributed by atoms with van der Waals surface area (Å²) < 4.78 is 0. The highest BCUT2D eigenvalue weighted by molar-refractivity contribution is 6.08. The zero-order chi connectivity index (χ0) is 12.5. The van der Waals surface area contributed by atoms with Crippen molar-refractivity contribution in [2.24, 2.45) is 0 Å². The molecule has 0 radical (unpaired) electrons. The van der Waals surface area contributed by atoms with E-state index in [2.05, 4.69) is 23.1 Å². The largest absolute Gasteiger partial charge is 0.324 e. The molecule has 0 bridgehead atoms. The Bertz CT molecular complexity index is 376. The van der Waals surface area contributed by atoms with Crippen molar-refractivity contribution in [1.82, 2.24) is 15.1 Å². The van der Waals surface area contributed by atoms with Gasteiger partial charge in [-0.25, -0.2) is 4.79 Å². The van der Waals surface area contributed by atoms with Crippen LogP contribution in [0.3, 0.4) is 0 Å². The van der Waals surface area contributed by atoms with Crippen LogP contribution in [0.1, 0.15) is 19.8 Å². The van der Waals surface area contributed by atoms with E-state index in [1.165, 1.54) is 0 Å². The van der Waals surface area contributed by atoms with Gasteiger partial charge in [0.15, 0.2) is 0 Å². The van der Waals surface area contributed by atoms with Gasteiger partial charge in [-0.1, -0.05) is 12.8 Å². The minimum Gasteiger partial charge on any atom is -0.303 e. The van der Waals surface area contributed by atoms with Crippen LogP contribution in [0.4, 0.5) is 4.79 Å². The number of terminal acetylenes is 1. The molecule has 92 valence electrons. The van der Waals surface area contributed by atoms with Crippen molar-refractivity contribution < 1.29 is 4.79 Å². The fraction of sp³-hybridized carbons (Fsp3) is 0.667. The summed E-state index contributed by atoms with van der Waals surface area (Å²) in [6.07, 6.45) is 6.89. The average Bonchev–Trinajstić information content (AvgIpc) is 2.55. The second kappa shape index (κ2) is 4.38. The fourth-order valence-corrected chi connectivity index (χ4v) is 2.69. The number of carbonyl (C=O) groups is 1.